The van der Waals surface area contributed by atoms with Crippen LogP contribution in [0.5, 0.6) is 0 Å². The molecule has 2 heterocycles. The lowest BCUT2D eigenvalue weighted by Crippen LogP contribution is -2.47. The summed E-state index contributed by atoms with van der Waals surface area (Å²) in [7, 11) is 0. The number of likely N-dealkylation sites (tertiary alicyclic amines) is 1. The second-order valence-electron chi connectivity index (χ2n) is 5.44. The van der Waals surface area contributed by atoms with Gasteiger partial charge in [-0.05, 0) is 37.3 Å². The lowest BCUT2D eigenvalue weighted by Gasteiger charge is -2.39. The number of amides is 1. The van der Waals surface area contributed by atoms with Crippen molar-refractivity contribution < 1.29 is 19.1 Å². The number of aromatic carboxylic acids is 1. The van der Waals surface area contributed by atoms with Crippen LogP contribution in [0.2, 0.25) is 0 Å². The summed E-state index contributed by atoms with van der Waals surface area (Å²) >= 11 is 0. The maximum absolute atomic E-state index is 12.5. The zero-order valence-electron chi connectivity index (χ0n) is 12.0. The van der Waals surface area contributed by atoms with E-state index in [0.29, 0.717) is 5.92 Å². The van der Waals surface area contributed by atoms with Gasteiger partial charge in [0.2, 0.25) is 5.76 Å². The molecule has 1 aliphatic heterocycles. The Kier molecular flexibility index (Phi) is 4.47. The fourth-order valence-corrected chi connectivity index (χ4v) is 2.95. The van der Waals surface area contributed by atoms with Crippen LogP contribution in [-0.2, 0) is 0 Å². The third-order valence-corrected chi connectivity index (χ3v) is 3.99. The van der Waals surface area contributed by atoms with Crippen molar-refractivity contribution in [1.29, 1.82) is 0 Å². The van der Waals surface area contributed by atoms with Crippen molar-refractivity contribution in [3.05, 3.63) is 23.7 Å². The Balaban J connectivity index is 2.18. The summed E-state index contributed by atoms with van der Waals surface area (Å²) in [4.78, 5) is 25.2. The van der Waals surface area contributed by atoms with Crippen molar-refractivity contribution in [1.82, 2.24) is 4.90 Å². The van der Waals surface area contributed by atoms with Gasteiger partial charge >= 0.3 is 5.97 Å². The van der Waals surface area contributed by atoms with Gasteiger partial charge in [0.15, 0.2) is 5.76 Å². The summed E-state index contributed by atoms with van der Waals surface area (Å²) < 4.78 is 5.13. The van der Waals surface area contributed by atoms with Gasteiger partial charge in [-0.25, -0.2) is 4.79 Å². The first kappa shape index (κ1) is 14.6. The molecule has 0 spiro atoms. The number of hydrogen-bond acceptors (Lipinski definition) is 3. The van der Waals surface area contributed by atoms with E-state index < -0.39 is 5.97 Å². The second kappa shape index (κ2) is 6.11. The lowest BCUT2D eigenvalue weighted by molar-refractivity contribution is 0.0462. The van der Waals surface area contributed by atoms with Crippen LogP contribution >= 0.6 is 0 Å². The van der Waals surface area contributed by atoms with Crippen LogP contribution in [0.15, 0.2) is 16.5 Å². The number of carboxylic acid groups (broad SMARTS) is 1. The molecule has 2 unspecified atom stereocenters. The molecule has 1 aliphatic rings. The smallest absolute Gasteiger partial charge is 0.371 e. The van der Waals surface area contributed by atoms with E-state index in [1.807, 2.05) is 4.90 Å². The summed E-state index contributed by atoms with van der Waals surface area (Å²) in [6.45, 7) is 5.00. The molecule has 0 aromatic carbocycles. The first-order chi connectivity index (χ1) is 9.54. The number of piperidine rings is 1. The molecule has 1 aromatic heterocycles. The molecule has 0 bridgehead atoms. The fraction of sp³-hybridized carbons (Fsp3) is 0.600. The van der Waals surface area contributed by atoms with Crippen molar-refractivity contribution >= 4 is 11.9 Å². The van der Waals surface area contributed by atoms with Crippen molar-refractivity contribution in [2.75, 3.05) is 6.54 Å². The van der Waals surface area contributed by atoms with Crippen LogP contribution < -0.4 is 0 Å². The summed E-state index contributed by atoms with van der Waals surface area (Å²) in [6.07, 6.45) is 4.11. The van der Waals surface area contributed by atoms with Gasteiger partial charge in [-0.15, -0.1) is 0 Å². The molecule has 1 amide bonds. The summed E-state index contributed by atoms with van der Waals surface area (Å²) in [5.74, 6) is -0.937. The number of rotatable bonds is 4. The second-order valence-corrected chi connectivity index (χ2v) is 5.44. The summed E-state index contributed by atoms with van der Waals surface area (Å²) in [5.41, 5.74) is 0. The molecule has 1 fully saturated rings. The van der Waals surface area contributed by atoms with Crippen LogP contribution in [-0.4, -0.2) is 34.5 Å². The predicted molar refractivity (Wildman–Crippen MR) is 73.8 cm³/mol. The minimum Gasteiger partial charge on any atom is -0.475 e. The molecule has 2 rings (SSSR count). The largest absolute Gasteiger partial charge is 0.475 e. The van der Waals surface area contributed by atoms with Crippen molar-refractivity contribution in [3.8, 4) is 0 Å². The molecule has 0 saturated carbocycles. The van der Waals surface area contributed by atoms with E-state index in [4.69, 9.17) is 9.52 Å². The minimum atomic E-state index is -1.15. The third-order valence-electron chi connectivity index (χ3n) is 3.99. The SMILES string of the molecule is CCCC1C(C)CCCN1C(=O)c1ccc(C(=O)O)o1. The number of carboxylic acids is 1. The lowest BCUT2D eigenvalue weighted by atomic mass is 9.88. The van der Waals surface area contributed by atoms with Crippen LogP contribution in [0.3, 0.4) is 0 Å². The summed E-state index contributed by atoms with van der Waals surface area (Å²) in [6, 6.07) is 3.01. The molecule has 1 saturated heterocycles. The fourth-order valence-electron chi connectivity index (χ4n) is 2.95. The van der Waals surface area contributed by atoms with E-state index in [-0.39, 0.29) is 23.5 Å². The molecule has 20 heavy (non-hydrogen) atoms. The highest BCUT2D eigenvalue weighted by Crippen LogP contribution is 2.28. The average Bonchev–Trinajstić information content (AvgIpc) is 2.90. The standard InChI is InChI=1S/C15H21NO4/c1-3-5-11-10(2)6-4-9-16(11)14(17)12-7-8-13(20-12)15(18)19/h7-8,10-11H,3-6,9H2,1-2H3,(H,18,19). The molecule has 1 N–H and O–H groups in total. The zero-order valence-corrected chi connectivity index (χ0v) is 12.0. The molecular formula is C15H21NO4. The average molecular weight is 279 g/mol. The van der Waals surface area contributed by atoms with Crippen LogP contribution in [0.4, 0.5) is 0 Å². The first-order valence-electron chi connectivity index (χ1n) is 7.18. The van der Waals surface area contributed by atoms with E-state index in [1.165, 1.54) is 12.1 Å². The Bertz CT molecular complexity index is 494. The number of hydrogen-bond donors (Lipinski definition) is 1. The maximum Gasteiger partial charge on any atom is 0.371 e. The summed E-state index contributed by atoms with van der Waals surface area (Å²) in [5, 5.41) is 8.85. The van der Waals surface area contributed by atoms with Gasteiger partial charge in [0.05, 0.1) is 0 Å². The molecule has 0 radical (unpaired) electrons. The molecule has 110 valence electrons. The van der Waals surface area contributed by atoms with E-state index in [1.54, 1.807) is 0 Å². The van der Waals surface area contributed by atoms with Crippen LogP contribution in [0.1, 0.15) is 60.6 Å². The first-order valence-corrected chi connectivity index (χ1v) is 7.18. The van der Waals surface area contributed by atoms with E-state index in [0.717, 1.165) is 32.2 Å². The highest BCUT2D eigenvalue weighted by Gasteiger charge is 2.33. The third kappa shape index (κ3) is 2.86. The predicted octanol–water partition coefficient (Wildman–Crippen LogP) is 3.02. The molecular weight excluding hydrogens is 258 g/mol. The monoisotopic (exact) mass is 279 g/mol. The molecule has 2 atom stereocenters. The van der Waals surface area contributed by atoms with Crippen LogP contribution in [0.25, 0.3) is 0 Å². The number of furan rings is 1. The van der Waals surface area contributed by atoms with Gasteiger partial charge < -0.3 is 14.4 Å². The molecule has 0 aliphatic carbocycles. The molecule has 5 heteroatoms. The van der Waals surface area contributed by atoms with Crippen LogP contribution in [0, 0.1) is 5.92 Å². The Morgan fingerprint density at radius 2 is 2.10 bits per heavy atom. The van der Waals surface area contributed by atoms with E-state index in [9.17, 15) is 9.59 Å². The van der Waals surface area contributed by atoms with Gasteiger partial charge in [0, 0.05) is 12.6 Å². The van der Waals surface area contributed by atoms with Crippen molar-refractivity contribution in [2.24, 2.45) is 5.92 Å². The van der Waals surface area contributed by atoms with Gasteiger partial charge in [-0.2, -0.15) is 0 Å². The van der Waals surface area contributed by atoms with E-state index >= 15 is 0 Å². The highest BCUT2D eigenvalue weighted by molar-refractivity contribution is 5.93. The number of carbonyl (C=O) groups is 2. The van der Waals surface area contributed by atoms with Gasteiger partial charge in [0.25, 0.3) is 5.91 Å². The Morgan fingerprint density at radius 3 is 2.70 bits per heavy atom. The normalized spacial score (nSPS) is 22.8. The Morgan fingerprint density at radius 1 is 1.40 bits per heavy atom. The van der Waals surface area contributed by atoms with Gasteiger partial charge in [-0.3, -0.25) is 4.79 Å². The Labute approximate surface area is 118 Å². The zero-order chi connectivity index (χ0) is 14.7. The maximum atomic E-state index is 12.5. The molecule has 5 nitrogen and oxygen atoms in total. The topological polar surface area (TPSA) is 70.8 Å². The van der Waals surface area contributed by atoms with E-state index in [2.05, 4.69) is 13.8 Å². The number of carbonyl (C=O) groups excluding carboxylic acids is 1. The van der Waals surface area contributed by atoms with Crippen molar-refractivity contribution in [3.63, 3.8) is 0 Å². The van der Waals surface area contributed by atoms with Crippen molar-refractivity contribution in [2.45, 2.75) is 45.6 Å². The van der Waals surface area contributed by atoms with Gasteiger partial charge in [0.1, 0.15) is 0 Å². The quantitative estimate of drug-likeness (QED) is 0.919. The minimum absolute atomic E-state index is 0.123. The Hall–Kier alpha value is -1.78. The highest BCUT2D eigenvalue weighted by atomic mass is 16.4. The number of nitrogens with zero attached hydrogens (tertiary/aromatic N) is 1. The molecule has 1 aromatic rings. The van der Waals surface area contributed by atoms with Gasteiger partial charge in [-0.1, -0.05) is 20.3 Å².